The van der Waals surface area contributed by atoms with Gasteiger partial charge < -0.3 is 0 Å². The zero-order valence-corrected chi connectivity index (χ0v) is 14.8. The molecule has 0 N–H and O–H groups in total. The molecule has 4 aliphatic carbocycles. The number of hydrogen-bond donors (Lipinski definition) is 0. The van der Waals surface area contributed by atoms with Crippen LogP contribution in [0.15, 0.2) is 0 Å². The van der Waals surface area contributed by atoms with Crippen molar-refractivity contribution in [2.75, 3.05) is 0 Å². The van der Waals surface area contributed by atoms with Crippen molar-refractivity contribution >= 4 is 11.6 Å². The Kier molecular flexibility index (Phi) is 4.02. The smallest absolute Gasteiger partial charge is 0.135 e. The number of Topliss-reactive ketones (excluding diaryl/α,β-unsaturated/α-hetero) is 2. The fourth-order valence-corrected chi connectivity index (χ4v) is 6.21. The molecule has 0 aromatic carbocycles. The Balaban J connectivity index is 1.80. The third-order valence-corrected chi connectivity index (χ3v) is 6.69. The number of rotatable bonds is 6. The number of hydrogen-bond acceptors (Lipinski definition) is 2. The zero-order valence-electron chi connectivity index (χ0n) is 14.8. The van der Waals surface area contributed by atoms with Gasteiger partial charge in [-0.2, -0.15) is 0 Å². The van der Waals surface area contributed by atoms with Gasteiger partial charge in [-0.25, -0.2) is 0 Å². The van der Waals surface area contributed by atoms with Gasteiger partial charge in [0.1, 0.15) is 11.6 Å². The lowest BCUT2D eigenvalue weighted by Crippen LogP contribution is -2.53. The number of carbonyl (C=O) groups is 2. The normalized spacial score (nSPS) is 39.7. The first-order valence-electron chi connectivity index (χ1n) is 9.28. The van der Waals surface area contributed by atoms with Crippen LogP contribution in [0.3, 0.4) is 0 Å². The molecule has 0 radical (unpaired) electrons. The molecular formula is C20H32O2. The minimum atomic E-state index is 0.154. The second-order valence-corrected chi connectivity index (χ2v) is 9.56. The molecule has 4 bridgehead atoms. The summed E-state index contributed by atoms with van der Waals surface area (Å²) in [5.74, 6) is 2.74. The van der Waals surface area contributed by atoms with E-state index >= 15 is 0 Å². The summed E-state index contributed by atoms with van der Waals surface area (Å²) in [6.45, 7) is 8.11. The van der Waals surface area contributed by atoms with E-state index in [1.807, 2.05) is 27.7 Å². The van der Waals surface area contributed by atoms with Crippen molar-refractivity contribution in [3.8, 4) is 0 Å². The minimum Gasteiger partial charge on any atom is -0.299 e. The molecule has 4 aliphatic rings. The van der Waals surface area contributed by atoms with Crippen LogP contribution < -0.4 is 0 Å². The van der Waals surface area contributed by atoms with Crippen molar-refractivity contribution in [3.63, 3.8) is 0 Å². The molecular weight excluding hydrogens is 272 g/mol. The molecule has 2 heteroatoms. The summed E-state index contributed by atoms with van der Waals surface area (Å²) in [5, 5.41) is 0. The van der Waals surface area contributed by atoms with Gasteiger partial charge in [-0.15, -0.1) is 0 Å². The molecule has 0 amide bonds. The van der Waals surface area contributed by atoms with Crippen LogP contribution in [-0.4, -0.2) is 11.6 Å². The van der Waals surface area contributed by atoms with Gasteiger partial charge in [0.15, 0.2) is 0 Å². The largest absolute Gasteiger partial charge is 0.299 e. The Labute approximate surface area is 135 Å². The zero-order chi connectivity index (χ0) is 16.1. The first-order valence-corrected chi connectivity index (χ1v) is 9.28. The SMILES string of the molecule is CC(C)C(=O)CC12CC3CC(C1)CC(CC(=O)C(C)C)(C3)C2. The minimum absolute atomic E-state index is 0.154. The first-order chi connectivity index (χ1) is 10.2. The van der Waals surface area contributed by atoms with E-state index in [1.54, 1.807) is 0 Å². The molecule has 0 heterocycles. The molecule has 0 aromatic heterocycles. The summed E-state index contributed by atoms with van der Waals surface area (Å²) in [5.41, 5.74) is 0.478. The van der Waals surface area contributed by atoms with Crippen LogP contribution in [0.25, 0.3) is 0 Å². The third-order valence-electron chi connectivity index (χ3n) is 6.69. The maximum atomic E-state index is 12.4. The van der Waals surface area contributed by atoms with Crippen LogP contribution >= 0.6 is 0 Å². The average Bonchev–Trinajstić information content (AvgIpc) is 2.35. The number of carbonyl (C=O) groups excluding carboxylic acids is 2. The second kappa shape index (κ2) is 5.46. The molecule has 22 heavy (non-hydrogen) atoms. The van der Waals surface area contributed by atoms with E-state index in [9.17, 15) is 9.59 Å². The predicted molar refractivity (Wildman–Crippen MR) is 88.5 cm³/mol. The van der Waals surface area contributed by atoms with E-state index in [-0.39, 0.29) is 22.7 Å². The Morgan fingerprint density at radius 2 is 1.18 bits per heavy atom. The van der Waals surface area contributed by atoms with Gasteiger partial charge in [0.05, 0.1) is 0 Å². The fourth-order valence-electron chi connectivity index (χ4n) is 6.21. The lowest BCUT2D eigenvalue weighted by Gasteiger charge is -2.62. The van der Waals surface area contributed by atoms with Crippen LogP contribution in [0.5, 0.6) is 0 Å². The van der Waals surface area contributed by atoms with Crippen LogP contribution in [0.2, 0.25) is 0 Å². The standard InChI is InChI=1S/C20H32O2/c1-13(2)17(21)10-19-6-15-5-16(7-19)9-20(8-15,12-19)11-18(22)14(3)4/h13-16H,5-12H2,1-4H3. The highest BCUT2D eigenvalue weighted by Gasteiger charge is 2.58. The molecule has 0 aromatic rings. The Hall–Kier alpha value is -0.660. The maximum Gasteiger partial charge on any atom is 0.135 e. The summed E-state index contributed by atoms with van der Waals surface area (Å²) in [4.78, 5) is 24.8. The molecule has 4 rings (SSSR count). The van der Waals surface area contributed by atoms with Gasteiger partial charge in [0, 0.05) is 24.7 Å². The lowest BCUT2D eigenvalue weighted by atomic mass is 9.42. The monoisotopic (exact) mass is 304 g/mol. The Morgan fingerprint density at radius 3 is 1.50 bits per heavy atom. The summed E-state index contributed by atoms with van der Waals surface area (Å²) in [6.07, 6.45) is 9.04. The molecule has 0 saturated heterocycles. The van der Waals surface area contributed by atoms with Crippen molar-refractivity contribution < 1.29 is 9.59 Å². The van der Waals surface area contributed by atoms with Crippen LogP contribution in [0.4, 0.5) is 0 Å². The van der Waals surface area contributed by atoms with Crippen molar-refractivity contribution in [2.24, 2.45) is 34.5 Å². The first kappa shape index (κ1) is 16.2. The average molecular weight is 304 g/mol. The van der Waals surface area contributed by atoms with Crippen molar-refractivity contribution in [2.45, 2.75) is 79.1 Å². The van der Waals surface area contributed by atoms with Crippen molar-refractivity contribution in [1.29, 1.82) is 0 Å². The van der Waals surface area contributed by atoms with E-state index in [0.29, 0.717) is 11.6 Å². The molecule has 0 atom stereocenters. The summed E-state index contributed by atoms with van der Waals surface area (Å²) in [7, 11) is 0. The molecule has 0 spiro atoms. The topological polar surface area (TPSA) is 34.1 Å². The predicted octanol–water partition coefficient (Wildman–Crippen LogP) is 4.80. The van der Waals surface area contributed by atoms with Gasteiger partial charge in [-0.3, -0.25) is 9.59 Å². The number of ketones is 2. The summed E-state index contributed by atoms with van der Waals surface area (Å²) < 4.78 is 0. The van der Waals surface area contributed by atoms with Crippen LogP contribution in [0.1, 0.15) is 79.1 Å². The van der Waals surface area contributed by atoms with Gasteiger partial charge in [0.25, 0.3) is 0 Å². The van der Waals surface area contributed by atoms with Gasteiger partial charge in [-0.05, 0) is 61.2 Å². The molecule has 124 valence electrons. The van der Waals surface area contributed by atoms with Gasteiger partial charge in [0.2, 0.25) is 0 Å². The summed E-state index contributed by atoms with van der Waals surface area (Å²) in [6, 6.07) is 0. The molecule has 2 nitrogen and oxygen atoms in total. The molecule has 4 fully saturated rings. The summed E-state index contributed by atoms with van der Waals surface area (Å²) >= 11 is 0. The van der Waals surface area contributed by atoms with E-state index < -0.39 is 0 Å². The fraction of sp³-hybridized carbons (Fsp3) is 0.900. The Morgan fingerprint density at radius 1 is 0.818 bits per heavy atom. The highest BCUT2D eigenvalue weighted by atomic mass is 16.1. The third kappa shape index (κ3) is 2.90. The lowest BCUT2D eigenvalue weighted by molar-refractivity contribution is -0.146. The van der Waals surface area contributed by atoms with Gasteiger partial charge in [-0.1, -0.05) is 27.7 Å². The Bertz CT molecular complexity index is 420. The highest BCUT2D eigenvalue weighted by Crippen LogP contribution is 2.67. The van der Waals surface area contributed by atoms with E-state index in [2.05, 4.69) is 0 Å². The van der Waals surface area contributed by atoms with Gasteiger partial charge >= 0.3 is 0 Å². The quantitative estimate of drug-likeness (QED) is 0.706. The van der Waals surface area contributed by atoms with Crippen LogP contribution in [-0.2, 0) is 9.59 Å². The molecule has 0 aliphatic heterocycles. The van der Waals surface area contributed by atoms with E-state index in [0.717, 1.165) is 31.1 Å². The van der Waals surface area contributed by atoms with Crippen molar-refractivity contribution in [3.05, 3.63) is 0 Å². The van der Waals surface area contributed by atoms with E-state index in [4.69, 9.17) is 0 Å². The van der Waals surface area contributed by atoms with Crippen molar-refractivity contribution in [1.82, 2.24) is 0 Å². The molecule has 0 unspecified atom stereocenters. The van der Waals surface area contributed by atoms with Crippen LogP contribution in [0, 0.1) is 34.5 Å². The maximum absolute atomic E-state index is 12.4. The second-order valence-electron chi connectivity index (χ2n) is 9.56. The highest BCUT2D eigenvalue weighted by molar-refractivity contribution is 5.82. The van der Waals surface area contributed by atoms with E-state index in [1.165, 1.54) is 32.1 Å². The molecule has 4 saturated carbocycles.